The summed E-state index contributed by atoms with van der Waals surface area (Å²) in [4.78, 5) is 28.7. The van der Waals surface area contributed by atoms with Crippen LogP contribution < -0.4 is 0 Å². The molecule has 1 aliphatic rings. The summed E-state index contributed by atoms with van der Waals surface area (Å²) in [6.45, 7) is 3.27. The van der Waals surface area contributed by atoms with E-state index in [1.165, 1.54) is 0 Å². The SMILES string of the molecule is COCCOCC(=O)N1CCCN(C(=O)c2ccc(-n3cccc3)cc2)CC1. The molecular formula is C21H27N3O4. The van der Waals surface area contributed by atoms with Gasteiger partial charge in [-0.1, -0.05) is 0 Å². The molecule has 0 unspecified atom stereocenters. The van der Waals surface area contributed by atoms with E-state index in [-0.39, 0.29) is 18.4 Å². The minimum Gasteiger partial charge on any atom is -0.382 e. The zero-order chi connectivity index (χ0) is 19.8. The standard InChI is InChI=1S/C21H27N3O4/c1-27-15-16-28-17-20(25)23-11-4-12-24(14-13-23)21(26)18-5-7-19(8-6-18)22-9-2-3-10-22/h2-3,5-10H,4,11-17H2,1H3. The van der Waals surface area contributed by atoms with Gasteiger partial charge in [-0.2, -0.15) is 0 Å². The number of nitrogens with zero attached hydrogens (tertiary/aromatic N) is 3. The Morgan fingerprint density at radius 1 is 0.929 bits per heavy atom. The third-order valence-corrected chi connectivity index (χ3v) is 4.81. The molecule has 2 heterocycles. The molecular weight excluding hydrogens is 358 g/mol. The van der Waals surface area contributed by atoms with Gasteiger partial charge in [-0.15, -0.1) is 0 Å². The zero-order valence-electron chi connectivity index (χ0n) is 16.3. The minimum atomic E-state index is -0.0403. The molecule has 7 nitrogen and oxygen atoms in total. The molecule has 0 aliphatic carbocycles. The average molecular weight is 385 g/mol. The van der Waals surface area contributed by atoms with Gasteiger partial charge in [-0.25, -0.2) is 0 Å². The van der Waals surface area contributed by atoms with Crippen molar-refractivity contribution in [1.29, 1.82) is 0 Å². The van der Waals surface area contributed by atoms with Gasteiger partial charge in [0.05, 0.1) is 13.2 Å². The van der Waals surface area contributed by atoms with Gasteiger partial charge in [-0.3, -0.25) is 9.59 Å². The van der Waals surface area contributed by atoms with E-state index < -0.39 is 0 Å². The average Bonchev–Trinajstić information content (AvgIpc) is 3.15. The van der Waals surface area contributed by atoms with Crippen LogP contribution in [0.15, 0.2) is 48.8 Å². The lowest BCUT2D eigenvalue weighted by Gasteiger charge is -2.22. The molecule has 2 aromatic rings. The van der Waals surface area contributed by atoms with E-state index >= 15 is 0 Å². The summed E-state index contributed by atoms with van der Waals surface area (Å²) >= 11 is 0. The van der Waals surface area contributed by atoms with Crippen LogP contribution in [0.4, 0.5) is 0 Å². The molecule has 0 saturated carbocycles. The van der Waals surface area contributed by atoms with Crippen LogP contribution in [0.1, 0.15) is 16.8 Å². The van der Waals surface area contributed by atoms with Gasteiger partial charge in [0, 0.05) is 56.9 Å². The van der Waals surface area contributed by atoms with Gasteiger partial charge in [0.15, 0.2) is 0 Å². The Labute approximate surface area is 165 Å². The Kier molecular flexibility index (Phi) is 7.22. The maximum atomic E-state index is 12.8. The highest BCUT2D eigenvalue weighted by Crippen LogP contribution is 2.13. The highest BCUT2D eigenvalue weighted by molar-refractivity contribution is 5.94. The molecule has 1 aromatic heterocycles. The van der Waals surface area contributed by atoms with E-state index in [1.54, 1.807) is 12.0 Å². The molecule has 0 bridgehead atoms. The van der Waals surface area contributed by atoms with Crippen molar-refractivity contribution >= 4 is 11.8 Å². The number of aromatic nitrogens is 1. The molecule has 28 heavy (non-hydrogen) atoms. The van der Waals surface area contributed by atoms with Crippen LogP contribution in [0, 0.1) is 0 Å². The van der Waals surface area contributed by atoms with Gasteiger partial charge in [0.1, 0.15) is 6.61 Å². The van der Waals surface area contributed by atoms with Crippen LogP contribution in [-0.2, 0) is 14.3 Å². The number of ether oxygens (including phenoxy) is 2. The smallest absolute Gasteiger partial charge is 0.253 e. The highest BCUT2D eigenvalue weighted by Gasteiger charge is 2.22. The highest BCUT2D eigenvalue weighted by atomic mass is 16.5. The number of carbonyl (C=O) groups excluding carboxylic acids is 2. The Balaban J connectivity index is 1.53. The first-order valence-corrected chi connectivity index (χ1v) is 9.56. The first-order chi connectivity index (χ1) is 13.7. The minimum absolute atomic E-state index is 0.00435. The zero-order valence-corrected chi connectivity index (χ0v) is 16.3. The summed E-state index contributed by atoms with van der Waals surface area (Å²) in [7, 11) is 1.60. The quantitative estimate of drug-likeness (QED) is 0.682. The predicted octanol–water partition coefficient (Wildman–Crippen LogP) is 1.81. The molecule has 150 valence electrons. The van der Waals surface area contributed by atoms with Crippen molar-refractivity contribution in [3.05, 3.63) is 54.4 Å². The number of rotatable bonds is 7. The summed E-state index contributed by atoms with van der Waals surface area (Å²) in [6.07, 6.45) is 4.70. The fraction of sp³-hybridized carbons (Fsp3) is 0.429. The summed E-state index contributed by atoms with van der Waals surface area (Å²) in [6, 6.07) is 11.5. The molecule has 0 radical (unpaired) electrons. The Morgan fingerprint density at radius 2 is 1.61 bits per heavy atom. The fourth-order valence-electron chi connectivity index (χ4n) is 3.23. The Bertz CT molecular complexity index is 758. The summed E-state index contributed by atoms with van der Waals surface area (Å²) in [5.41, 5.74) is 1.68. The topological polar surface area (TPSA) is 64.0 Å². The number of amides is 2. The van der Waals surface area contributed by atoms with Crippen molar-refractivity contribution < 1.29 is 19.1 Å². The molecule has 1 aromatic carbocycles. The first kappa shape index (κ1) is 20.1. The van der Waals surface area contributed by atoms with Crippen molar-refractivity contribution in [2.45, 2.75) is 6.42 Å². The third kappa shape index (κ3) is 5.21. The van der Waals surface area contributed by atoms with Crippen LogP contribution in [0.25, 0.3) is 5.69 Å². The number of hydrogen-bond acceptors (Lipinski definition) is 4. The maximum Gasteiger partial charge on any atom is 0.253 e. The second kappa shape index (κ2) is 10.1. The number of hydrogen-bond donors (Lipinski definition) is 0. The second-order valence-electron chi connectivity index (χ2n) is 6.71. The van der Waals surface area contributed by atoms with E-state index in [0.717, 1.165) is 12.1 Å². The van der Waals surface area contributed by atoms with E-state index in [0.29, 0.717) is 45.0 Å². The van der Waals surface area contributed by atoms with Gasteiger partial charge in [-0.05, 0) is 42.8 Å². The molecule has 0 atom stereocenters. The number of carbonyl (C=O) groups is 2. The van der Waals surface area contributed by atoms with Crippen LogP contribution >= 0.6 is 0 Å². The molecule has 1 aliphatic heterocycles. The van der Waals surface area contributed by atoms with Crippen LogP contribution in [0.3, 0.4) is 0 Å². The van der Waals surface area contributed by atoms with E-state index in [1.807, 2.05) is 58.3 Å². The van der Waals surface area contributed by atoms with Crippen molar-refractivity contribution in [3.63, 3.8) is 0 Å². The maximum absolute atomic E-state index is 12.8. The lowest BCUT2D eigenvalue weighted by Crippen LogP contribution is -2.39. The van der Waals surface area contributed by atoms with Crippen molar-refractivity contribution in [2.75, 3.05) is 53.1 Å². The van der Waals surface area contributed by atoms with Crippen LogP contribution in [-0.4, -0.2) is 79.3 Å². The summed E-state index contributed by atoms with van der Waals surface area (Å²) in [5, 5.41) is 0. The fourth-order valence-corrected chi connectivity index (χ4v) is 3.23. The predicted molar refractivity (Wildman–Crippen MR) is 106 cm³/mol. The Hall–Kier alpha value is -2.64. The lowest BCUT2D eigenvalue weighted by molar-refractivity contribution is -0.136. The number of benzene rings is 1. The van der Waals surface area contributed by atoms with Crippen molar-refractivity contribution in [1.82, 2.24) is 14.4 Å². The molecule has 1 fully saturated rings. The van der Waals surface area contributed by atoms with E-state index in [9.17, 15) is 9.59 Å². The van der Waals surface area contributed by atoms with Gasteiger partial charge < -0.3 is 23.8 Å². The molecule has 0 spiro atoms. The van der Waals surface area contributed by atoms with Gasteiger partial charge in [0.25, 0.3) is 5.91 Å². The normalized spacial score (nSPS) is 14.8. The molecule has 0 N–H and O–H groups in total. The van der Waals surface area contributed by atoms with Crippen molar-refractivity contribution in [2.24, 2.45) is 0 Å². The third-order valence-electron chi connectivity index (χ3n) is 4.81. The first-order valence-electron chi connectivity index (χ1n) is 9.56. The van der Waals surface area contributed by atoms with E-state index in [4.69, 9.17) is 9.47 Å². The van der Waals surface area contributed by atoms with Crippen LogP contribution in [0.5, 0.6) is 0 Å². The summed E-state index contributed by atoms with van der Waals surface area (Å²) in [5.74, 6) is -0.0359. The molecule has 1 saturated heterocycles. The number of methoxy groups -OCH3 is 1. The monoisotopic (exact) mass is 385 g/mol. The van der Waals surface area contributed by atoms with Gasteiger partial charge >= 0.3 is 0 Å². The Morgan fingerprint density at radius 3 is 2.32 bits per heavy atom. The van der Waals surface area contributed by atoms with Crippen LogP contribution in [0.2, 0.25) is 0 Å². The second-order valence-corrected chi connectivity index (χ2v) is 6.71. The molecule has 3 rings (SSSR count). The molecule has 2 amide bonds. The van der Waals surface area contributed by atoms with E-state index in [2.05, 4.69) is 0 Å². The largest absolute Gasteiger partial charge is 0.382 e. The van der Waals surface area contributed by atoms with Gasteiger partial charge in [0.2, 0.25) is 5.91 Å². The summed E-state index contributed by atoms with van der Waals surface area (Å²) < 4.78 is 12.2. The lowest BCUT2D eigenvalue weighted by atomic mass is 10.1. The van der Waals surface area contributed by atoms with Crippen molar-refractivity contribution in [3.8, 4) is 5.69 Å². The molecule has 7 heteroatoms.